The van der Waals surface area contributed by atoms with E-state index in [1.54, 1.807) is 0 Å². The molecule has 0 spiro atoms. The van der Waals surface area contributed by atoms with Crippen molar-refractivity contribution in [1.29, 1.82) is 0 Å². The maximum Gasteiger partial charge on any atom is 0.227 e. The van der Waals surface area contributed by atoms with Crippen LogP contribution in [0.4, 0.5) is 17.1 Å². The molecule has 0 unspecified atom stereocenters. The van der Waals surface area contributed by atoms with Crippen molar-refractivity contribution >= 4 is 71.8 Å². The second kappa shape index (κ2) is 12.1. The van der Waals surface area contributed by atoms with Gasteiger partial charge in [-0.2, -0.15) is 0 Å². The van der Waals surface area contributed by atoms with Gasteiger partial charge in [0, 0.05) is 39.1 Å². The number of rotatable bonds is 6. The van der Waals surface area contributed by atoms with E-state index in [2.05, 4.69) is 114 Å². The summed E-state index contributed by atoms with van der Waals surface area (Å²) in [6.07, 6.45) is 0. The van der Waals surface area contributed by atoms with Crippen LogP contribution in [0.1, 0.15) is 0 Å². The van der Waals surface area contributed by atoms with E-state index < -0.39 is 0 Å². The molecule has 11 rings (SSSR count). The predicted octanol–water partition coefficient (Wildman–Crippen LogP) is 13.5. The Balaban J connectivity index is 0.988. The number of aromatic nitrogens is 2. The van der Waals surface area contributed by atoms with E-state index in [1.807, 2.05) is 66.7 Å². The van der Waals surface area contributed by atoms with Crippen molar-refractivity contribution in [2.75, 3.05) is 4.90 Å². The monoisotopic (exact) mass is 695 g/mol. The van der Waals surface area contributed by atoms with Gasteiger partial charge in [0.15, 0.2) is 11.2 Å². The summed E-state index contributed by atoms with van der Waals surface area (Å²) in [4.78, 5) is 11.7. The zero-order chi connectivity index (χ0) is 35.6. The highest BCUT2D eigenvalue weighted by Crippen LogP contribution is 2.40. The zero-order valence-electron chi connectivity index (χ0n) is 28.8. The summed E-state index contributed by atoms with van der Waals surface area (Å²) in [6.45, 7) is 0. The van der Waals surface area contributed by atoms with Crippen molar-refractivity contribution in [3.63, 3.8) is 0 Å². The summed E-state index contributed by atoms with van der Waals surface area (Å²) in [5.74, 6) is 2.06. The summed E-state index contributed by atoms with van der Waals surface area (Å²) >= 11 is 0. The lowest BCUT2D eigenvalue weighted by atomic mass is 9.98. The van der Waals surface area contributed by atoms with E-state index >= 15 is 0 Å². The Bertz CT molecular complexity index is 2960. The minimum atomic E-state index is 0.595. The second-order valence-corrected chi connectivity index (χ2v) is 13.5. The van der Waals surface area contributed by atoms with Gasteiger partial charge in [0.25, 0.3) is 0 Å². The zero-order valence-corrected chi connectivity index (χ0v) is 28.8. The summed E-state index contributed by atoms with van der Waals surface area (Å²) in [6, 6.07) is 60.2. The summed E-state index contributed by atoms with van der Waals surface area (Å²) in [5.41, 5.74) is 10.0. The number of oxazole rings is 2. The number of hydrogen-bond acceptors (Lipinski definition) is 6. The molecule has 0 aliphatic rings. The third-order valence-electron chi connectivity index (χ3n) is 10.1. The molecule has 8 aromatic carbocycles. The first-order valence-corrected chi connectivity index (χ1v) is 17.9. The van der Waals surface area contributed by atoms with Crippen LogP contribution in [0.5, 0.6) is 0 Å². The molecule has 0 fully saturated rings. The van der Waals surface area contributed by atoms with Gasteiger partial charge < -0.3 is 18.2 Å². The molecule has 0 amide bonds. The third kappa shape index (κ3) is 5.12. The number of para-hydroxylation sites is 5. The van der Waals surface area contributed by atoms with Crippen molar-refractivity contribution in [3.05, 3.63) is 176 Å². The van der Waals surface area contributed by atoms with Crippen molar-refractivity contribution < 1.29 is 13.3 Å². The normalized spacial score (nSPS) is 11.7. The average molecular weight is 696 g/mol. The van der Waals surface area contributed by atoms with Crippen LogP contribution in [0.2, 0.25) is 0 Å². The fourth-order valence-electron chi connectivity index (χ4n) is 7.42. The van der Waals surface area contributed by atoms with Crippen molar-refractivity contribution in [3.8, 4) is 34.2 Å². The maximum absolute atomic E-state index is 6.19. The Morgan fingerprint density at radius 3 is 1.44 bits per heavy atom. The Kier molecular flexibility index (Phi) is 6.75. The molecule has 6 heteroatoms. The van der Waals surface area contributed by atoms with Crippen LogP contribution in [-0.4, -0.2) is 9.97 Å². The van der Waals surface area contributed by atoms with Crippen LogP contribution in [0.25, 0.3) is 88.9 Å². The molecular weight excluding hydrogens is 667 g/mol. The predicted molar refractivity (Wildman–Crippen MR) is 217 cm³/mol. The molecule has 6 nitrogen and oxygen atoms in total. The van der Waals surface area contributed by atoms with E-state index in [4.69, 9.17) is 23.2 Å². The molecule has 254 valence electrons. The molecule has 0 saturated heterocycles. The van der Waals surface area contributed by atoms with Crippen LogP contribution in [0, 0.1) is 0 Å². The number of nitrogens with zero attached hydrogens (tertiary/aromatic N) is 3. The molecular formula is C48H29N3O3. The standard InChI is InChI=1S/C48H29N3O3/c1-4-10-43-34(7-1)29-46(52-43)35-19-25-39-32(27-35)13-14-33-28-38(24-26-40(33)39)51(36-20-15-30(16-21-36)47-49-41-8-2-5-11-44(41)53-47)37-22-17-31(18-23-37)48-50-42-9-3-6-12-45(42)54-48/h1-29H. The van der Waals surface area contributed by atoms with Crippen molar-refractivity contribution in [2.45, 2.75) is 0 Å². The minimum Gasteiger partial charge on any atom is -0.456 e. The molecule has 0 saturated carbocycles. The third-order valence-corrected chi connectivity index (χ3v) is 10.1. The quantitative estimate of drug-likeness (QED) is 0.161. The molecule has 0 aliphatic carbocycles. The molecule has 0 atom stereocenters. The maximum atomic E-state index is 6.19. The molecule has 3 aromatic heterocycles. The second-order valence-electron chi connectivity index (χ2n) is 13.5. The lowest BCUT2D eigenvalue weighted by Gasteiger charge is -2.26. The molecule has 0 N–H and O–H groups in total. The highest BCUT2D eigenvalue weighted by molar-refractivity contribution is 6.09. The number of benzene rings is 8. The van der Waals surface area contributed by atoms with Gasteiger partial charge in [-0.25, -0.2) is 9.97 Å². The van der Waals surface area contributed by atoms with Gasteiger partial charge in [0.1, 0.15) is 22.4 Å². The Hall–Kier alpha value is -7.44. The van der Waals surface area contributed by atoms with E-state index in [9.17, 15) is 0 Å². The van der Waals surface area contributed by atoms with Crippen LogP contribution in [-0.2, 0) is 0 Å². The van der Waals surface area contributed by atoms with Crippen molar-refractivity contribution in [1.82, 2.24) is 9.97 Å². The lowest BCUT2D eigenvalue weighted by molar-refractivity contribution is 0.619. The highest BCUT2D eigenvalue weighted by Gasteiger charge is 2.17. The Labute approximate surface area is 309 Å². The van der Waals surface area contributed by atoms with Gasteiger partial charge in [-0.15, -0.1) is 0 Å². The Morgan fingerprint density at radius 2 is 0.852 bits per heavy atom. The van der Waals surface area contributed by atoms with Gasteiger partial charge in [-0.05, 0) is 125 Å². The number of anilines is 3. The first kappa shape index (κ1) is 30.2. The van der Waals surface area contributed by atoms with Gasteiger partial charge in [-0.3, -0.25) is 0 Å². The molecule has 0 radical (unpaired) electrons. The number of fused-ring (bicyclic) bond motifs is 6. The average Bonchev–Trinajstić information content (AvgIpc) is 3.98. The number of furan rings is 1. The van der Waals surface area contributed by atoms with E-state index in [1.165, 1.54) is 10.8 Å². The van der Waals surface area contributed by atoms with Crippen LogP contribution < -0.4 is 4.90 Å². The minimum absolute atomic E-state index is 0.595. The fraction of sp³-hybridized carbons (Fsp3) is 0. The van der Waals surface area contributed by atoms with E-state index in [0.29, 0.717) is 11.8 Å². The van der Waals surface area contributed by atoms with Gasteiger partial charge in [0.05, 0.1) is 0 Å². The van der Waals surface area contributed by atoms with Gasteiger partial charge >= 0.3 is 0 Å². The smallest absolute Gasteiger partial charge is 0.227 e. The molecule has 11 aromatic rings. The number of hydrogen-bond donors (Lipinski definition) is 0. The fourth-order valence-corrected chi connectivity index (χ4v) is 7.42. The van der Waals surface area contributed by atoms with Crippen molar-refractivity contribution in [2.24, 2.45) is 0 Å². The van der Waals surface area contributed by atoms with Crippen LogP contribution >= 0.6 is 0 Å². The summed E-state index contributed by atoms with van der Waals surface area (Å²) < 4.78 is 18.4. The first-order chi connectivity index (χ1) is 26.7. The van der Waals surface area contributed by atoms with E-state index in [-0.39, 0.29) is 0 Å². The van der Waals surface area contributed by atoms with E-state index in [0.717, 1.165) is 83.5 Å². The first-order valence-electron chi connectivity index (χ1n) is 17.9. The van der Waals surface area contributed by atoms with Gasteiger partial charge in [-0.1, -0.05) is 72.8 Å². The van der Waals surface area contributed by atoms with Gasteiger partial charge in [0.2, 0.25) is 11.8 Å². The topological polar surface area (TPSA) is 68.4 Å². The molecule has 0 aliphatic heterocycles. The SMILES string of the molecule is c1ccc2oc(-c3ccc4c(ccc5cc(N(c6ccc(-c7nc8ccccc8o7)cc6)c6ccc(-c7nc8ccccc8o7)cc6)ccc54)c3)cc2c1. The molecule has 0 bridgehead atoms. The highest BCUT2D eigenvalue weighted by atomic mass is 16.4. The van der Waals surface area contributed by atoms with Crippen LogP contribution in [0.3, 0.4) is 0 Å². The lowest BCUT2D eigenvalue weighted by Crippen LogP contribution is -2.09. The largest absolute Gasteiger partial charge is 0.456 e. The van der Waals surface area contributed by atoms with Crippen LogP contribution in [0.15, 0.2) is 189 Å². The molecule has 54 heavy (non-hydrogen) atoms. The summed E-state index contributed by atoms with van der Waals surface area (Å²) in [5, 5.41) is 5.79. The molecule has 3 heterocycles. The Morgan fingerprint density at radius 1 is 0.352 bits per heavy atom. The summed E-state index contributed by atoms with van der Waals surface area (Å²) in [7, 11) is 0.